The zero-order valence-corrected chi connectivity index (χ0v) is 12.7. The summed E-state index contributed by atoms with van der Waals surface area (Å²) in [7, 11) is 0. The normalized spacial score (nSPS) is 16.7. The van der Waals surface area contributed by atoms with Crippen molar-refractivity contribution in [3.8, 4) is 0 Å². The first-order chi connectivity index (χ1) is 10.2. The second-order valence-corrected chi connectivity index (χ2v) is 6.11. The lowest BCUT2D eigenvalue weighted by molar-refractivity contribution is -0.137. The molecule has 2 rings (SSSR count). The lowest BCUT2D eigenvalue weighted by Crippen LogP contribution is -2.60. The molecule has 2 heterocycles. The van der Waals surface area contributed by atoms with Crippen LogP contribution in [-0.2, 0) is 26.2 Å². The van der Waals surface area contributed by atoms with Gasteiger partial charge in [-0.05, 0) is 20.8 Å². The van der Waals surface area contributed by atoms with Crippen molar-refractivity contribution in [2.45, 2.75) is 44.8 Å². The number of nitrogens with one attached hydrogen (secondary N) is 1. The first-order valence-electron chi connectivity index (χ1n) is 6.84. The van der Waals surface area contributed by atoms with Gasteiger partial charge in [0, 0.05) is 6.42 Å². The van der Waals surface area contributed by atoms with E-state index in [1.165, 1.54) is 0 Å². The Bertz CT molecular complexity index is 558. The van der Waals surface area contributed by atoms with Crippen molar-refractivity contribution in [2.24, 2.45) is 0 Å². The van der Waals surface area contributed by atoms with Crippen LogP contribution in [0.3, 0.4) is 0 Å². The number of hydrogen-bond donors (Lipinski definition) is 2. The standard InChI is InChI=1S/C13H19N3O6/c1-12(2,3)21-11(19)15-13(6-20-7-13)10-14-8(22-16-10)4-5-9(17)18/h4-7H2,1-3H3,(H,15,19)(H,17,18). The van der Waals surface area contributed by atoms with Gasteiger partial charge in [-0.2, -0.15) is 4.98 Å². The van der Waals surface area contributed by atoms with Crippen molar-refractivity contribution in [3.05, 3.63) is 11.7 Å². The molecule has 0 saturated carbocycles. The molecule has 9 nitrogen and oxygen atoms in total. The molecule has 2 N–H and O–H groups in total. The van der Waals surface area contributed by atoms with Gasteiger partial charge < -0.3 is 24.4 Å². The van der Waals surface area contributed by atoms with E-state index in [0.717, 1.165) is 0 Å². The van der Waals surface area contributed by atoms with Crippen LogP contribution in [-0.4, -0.2) is 46.1 Å². The number of carbonyl (C=O) groups excluding carboxylic acids is 1. The molecule has 0 unspecified atom stereocenters. The van der Waals surface area contributed by atoms with Crippen molar-refractivity contribution in [2.75, 3.05) is 13.2 Å². The Labute approximate surface area is 127 Å². The Morgan fingerprint density at radius 3 is 2.59 bits per heavy atom. The predicted octanol–water partition coefficient (Wildman–Crippen LogP) is 0.837. The minimum Gasteiger partial charge on any atom is -0.481 e. The van der Waals surface area contributed by atoms with Crippen LogP contribution in [0.1, 0.15) is 38.9 Å². The zero-order chi connectivity index (χ0) is 16.4. The van der Waals surface area contributed by atoms with Crippen molar-refractivity contribution < 1.29 is 28.7 Å². The van der Waals surface area contributed by atoms with Crippen molar-refractivity contribution in [1.29, 1.82) is 0 Å². The maximum atomic E-state index is 11.9. The third-order valence-electron chi connectivity index (χ3n) is 2.89. The van der Waals surface area contributed by atoms with Gasteiger partial charge in [0.2, 0.25) is 11.7 Å². The van der Waals surface area contributed by atoms with Gasteiger partial charge in [-0.25, -0.2) is 4.79 Å². The highest BCUT2D eigenvalue weighted by atomic mass is 16.6. The Morgan fingerprint density at radius 2 is 2.09 bits per heavy atom. The summed E-state index contributed by atoms with van der Waals surface area (Å²) in [4.78, 5) is 26.6. The van der Waals surface area contributed by atoms with Crippen LogP contribution >= 0.6 is 0 Å². The van der Waals surface area contributed by atoms with Gasteiger partial charge in [-0.15, -0.1) is 0 Å². The van der Waals surface area contributed by atoms with E-state index >= 15 is 0 Å². The number of hydrogen-bond acceptors (Lipinski definition) is 7. The van der Waals surface area contributed by atoms with E-state index in [4.69, 9.17) is 19.1 Å². The second kappa shape index (κ2) is 5.91. The number of carboxylic acid groups (broad SMARTS) is 1. The summed E-state index contributed by atoms with van der Waals surface area (Å²) in [6.45, 7) is 5.67. The van der Waals surface area contributed by atoms with Gasteiger partial charge in [0.1, 0.15) is 5.60 Å². The van der Waals surface area contributed by atoms with E-state index in [9.17, 15) is 9.59 Å². The molecule has 0 aliphatic carbocycles. The summed E-state index contributed by atoms with van der Waals surface area (Å²) in [6.07, 6.45) is -0.580. The molecule has 1 aromatic heterocycles. The highest BCUT2D eigenvalue weighted by molar-refractivity contribution is 5.69. The zero-order valence-electron chi connectivity index (χ0n) is 12.7. The first kappa shape index (κ1) is 16.2. The van der Waals surface area contributed by atoms with E-state index in [-0.39, 0.29) is 37.8 Å². The molecule has 0 bridgehead atoms. The van der Waals surface area contributed by atoms with Gasteiger partial charge >= 0.3 is 12.1 Å². The van der Waals surface area contributed by atoms with E-state index in [1.54, 1.807) is 20.8 Å². The topological polar surface area (TPSA) is 124 Å². The second-order valence-electron chi connectivity index (χ2n) is 6.11. The molecule has 1 saturated heterocycles. The lowest BCUT2D eigenvalue weighted by Gasteiger charge is -2.39. The highest BCUT2D eigenvalue weighted by Gasteiger charge is 2.47. The molecule has 1 aliphatic rings. The van der Waals surface area contributed by atoms with Crippen LogP contribution in [0, 0.1) is 0 Å². The minimum absolute atomic E-state index is 0.107. The average molecular weight is 313 g/mol. The number of aliphatic carboxylic acids is 1. The molecule has 1 amide bonds. The number of amides is 1. The Balaban J connectivity index is 2.04. The number of nitrogens with zero attached hydrogens (tertiary/aromatic N) is 2. The Morgan fingerprint density at radius 1 is 1.41 bits per heavy atom. The maximum Gasteiger partial charge on any atom is 0.408 e. The van der Waals surface area contributed by atoms with Crippen LogP contribution in [0.5, 0.6) is 0 Å². The highest BCUT2D eigenvalue weighted by Crippen LogP contribution is 2.28. The fourth-order valence-corrected chi connectivity index (χ4v) is 1.83. The summed E-state index contributed by atoms with van der Waals surface area (Å²) >= 11 is 0. The van der Waals surface area contributed by atoms with E-state index in [1.807, 2.05) is 0 Å². The van der Waals surface area contributed by atoms with Crippen molar-refractivity contribution >= 4 is 12.1 Å². The molecule has 0 aromatic carbocycles. The number of ether oxygens (including phenoxy) is 2. The minimum atomic E-state index is -0.951. The Hall–Kier alpha value is -2.16. The fourth-order valence-electron chi connectivity index (χ4n) is 1.83. The van der Waals surface area contributed by atoms with Gasteiger partial charge in [-0.1, -0.05) is 5.16 Å². The van der Waals surface area contributed by atoms with Gasteiger partial charge in [-0.3, -0.25) is 4.79 Å². The monoisotopic (exact) mass is 313 g/mol. The van der Waals surface area contributed by atoms with E-state index in [2.05, 4.69) is 15.5 Å². The first-order valence-corrected chi connectivity index (χ1v) is 6.84. The molecule has 1 aliphatic heterocycles. The summed E-state index contributed by atoms with van der Waals surface area (Å²) in [5.41, 5.74) is -1.52. The number of carbonyl (C=O) groups is 2. The van der Waals surface area contributed by atoms with Gasteiger partial charge in [0.15, 0.2) is 5.54 Å². The molecule has 22 heavy (non-hydrogen) atoms. The molecule has 0 spiro atoms. The van der Waals surface area contributed by atoms with Crippen LogP contribution in [0.25, 0.3) is 0 Å². The molecule has 0 radical (unpaired) electrons. The number of rotatable bonds is 5. The van der Waals surface area contributed by atoms with Crippen LogP contribution in [0.4, 0.5) is 4.79 Å². The molecule has 1 aromatic rings. The molecule has 9 heteroatoms. The third-order valence-corrected chi connectivity index (χ3v) is 2.89. The van der Waals surface area contributed by atoms with Crippen LogP contribution in [0.2, 0.25) is 0 Å². The molecule has 1 fully saturated rings. The number of carboxylic acids is 1. The van der Waals surface area contributed by atoms with Crippen LogP contribution < -0.4 is 5.32 Å². The van der Waals surface area contributed by atoms with Crippen molar-refractivity contribution in [1.82, 2.24) is 15.5 Å². The van der Waals surface area contributed by atoms with Gasteiger partial charge in [0.25, 0.3) is 0 Å². The van der Waals surface area contributed by atoms with E-state index < -0.39 is 23.2 Å². The fraction of sp³-hybridized carbons (Fsp3) is 0.692. The van der Waals surface area contributed by atoms with Crippen molar-refractivity contribution in [3.63, 3.8) is 0 Å². The smallest absolute Gasteiger partial charge is 0.408 e. The largest absolute Gasteiger partial charge is 0.481 e. The Kier molecular flexibility index (Phi) is 4.36. The lowest BCUT2D eigenvalue weighted by atomic mass is 9.97. The number of aromatic nitrogens is 2. The SMILES string of the molecule is CC(C)(C)OC(=O)NC1(c2noc(CCC(=O)O)n2)COC1. The summed E-state index contributed by atoms with van der Waals surface area (Å²) in [5, 5.41) is 15.1. The summed E-state index contributed by atoms with van der Waals surface area (Å²) < 4.78 is 15.4. The maximum absolute atomic E-state index is 11.9. The number of aryl methyl sites for hydroxylation is 1. The third kappa shape index (κ3) is 3.94. The van der Waals surface area contributed by atoms with Crippen LogP contribution in [0.15, 0.2) is 4.52 Å². The molecular formula is C13H19N3O6. The molecular weight excluding hydrogens is 294 g/mol. The molecule has 122 valence electrons. The quantitative estimate of drug-likeness (QED) is 0.819. The van der Waals surface area contributed by atoms with Gasteiger partial charge in [0.05, 0.1) is 19.6 Å². The predicted molar refractivity (Wildman–Crippen MR) is 72.1 cm³/mol. The average Bonchev–Trinajstić information content (AvgIpc) is 2.78. The summed E-state index contributed by atoms with van der Waals surface area (Å²) in [6, 6.07) is 0. The summed E-state index contributed by atoms with van der Waals surface area (Å²) in [5.74, 6) is -0.493. The molecule has 0 atom stereocenters. The number of alkyl carbamates (subject to hydrolysis) is 1. The van der Waals surface area contributed by atoms with E-state index in [0.29, 0.717) is 0 Å².